The van der Waals surface area contributed by atoms with Crippen molar-refractivity contribution in [1.29, 1.82) is 0 Å². The molecule has 172 valence electrons. The second-order valence-electron chi connectivity index (χ2n) is 7.38. The van der Waals surface area contributed by atoms with E-state index in [0.29, 0.717) is 17.1 Å². The van der Waals surface area contributed by atoms with Crippen LogP contribution in [0.15, 0.2) is 101 Å². The number of allylic oxidation sites excluding steroid dienone is 2. The summed E-state index contributed by atoms with van der Waals surface area (Å²) in [7, 11) is 4.85. The predicted molar refractivity (Wildman–Crippen MR) is 134 cm³/mol. The first-order chi connectivity index (χ1) is 16.6. The smallest absolute Gasteiger partial charge is 0.204 e. The number of benzene rings is 3. The third kappa shape index (κ3) is 5.45. The minimum Gasteiger partial charge on any atom is -0.497 e. The molecule has 1 aliphatic rings. The lowest BCUT2D eigenvalue weighted by molar-refractivity contribution is -0.111. The number of nitrogens with one attached hydrogen (secondary N) is 2. The molecule has 0 radical (unpaired) electrons. The molecule has 4 rings (SSSR count). The highest BCUT2D eigenvalue weighted by Crippen LogP contribution is 2.25. The van der Waals surface area contributed by atoms with Gasteiger partial charge in [0, 0.05) is 17.5 Å². The minimum absolute atomic E-state index is 0.166. The van der Waals surface area contributed by atoms with Gasteiger partial charge in [-0.2, -0.15) is 0 Å². The van der Waals surface area contributed by atoms with Crippen LogP contribution in [0.4, 0.5) is 17.1 Å². The standard InChI is InChI=1S/C27H25N3O4/c1-32-21-10-4-18(5-11-21)28-24-16-26(30-20-8-14-23(34-3)15-9-20)27(31)17-25(24)29-19-6-12-22(33-2)13-7-19/h4-17,29-30H,1-3H3. The third-order valence-corrected chi connectivity index (χ3v) is 5.16. The summed E-state index contributed by atoms with van der Waals surface area (Å²) in [4.78, 5) is 17.7. The van der Waals surface area contributed by atoms with Gasteiger partial charge in [-0.25, -0.2) is 4.99 Å². The Kier molecular flexibility index (Phi) is 6.93. The molecule has 3 aromatic rings. The van der Waals surface area contributed by atoms with E-state index in [4.69, 9.17) is 19.2 Å². The molecule has 1 aliphatic carbocycles. The number of hydrogen-bond donors (Lipinski definition) is 2. The van der Waals surface area contributed by atoms with Crippen molar-refractivity contribution in [2.45, 2.75) is 0 Å². The molecule has 0 bridgehead atoms. The van der Waals surface area contributed by atoms with Crippen LogP contribution in [0.2, 0.25) is 0 Å². The van der Waals surface area contributed by atoms with Crippen LogP contribution in [0.3, 0.4) is 0 Å². The van der Waals surface area contributed by atoms with E-state index < -0.39 is 0 Å². The van der Waals surface area contributed by atoms with Gasteiger partial charge in [-0.1, -0.05) is 0 Å². The lowest BCUT2D eigenvalue weighted by Gasteiger charge is -2.18. The molecule has 0 saturated heterocycles. The van der Waals surface area contributed by atoms with Crippen LogP contribution >= 0.6 is 0 Å². The van der Waals surface area contributed by atoms with Gasteiger partial charge in [0.25, 0.3) is 0 Å². The number of methoxy groups -OCH3 is 3. The number of aliphatic imine (C=N–C) groups is 1. The second-order valence-corrected chi connectivity index (χ2v) is 7.38. The minimum atomic E-state index is -0.166. The third-order valence-electron chi connectivity index (χ3n) is 5.16. The van der Waals surface area contributed by atoms with E-state index in [1.54, 1.807) is 33.5 Å². The zero-order valence-corrected chi connectivity index (χ0v) is 19.2. The first-order valence-corrected chi connectivity index (χ1v) is 10.6. The van der Waals surface area contributed by atoms with E-state index in [9.17, 15) is 4.79 Å². The monoisotopic (exact) mass is 455 g/mol. The summed E-state index contributed by atoms with van der Waals surface area (Å²) < 4.78 is 15.7. The zero-order valence-electron chi connectivity index (χ0n) is 19.2. The predicted octanol–water partition coefficient (Wildman–Crippen LogP) is 5.36. The lowest BCUT2D eigenvalue weighted by Crippen LogP contribution is -2.22. The molecule has 0 fully saturated rings. The molecule has 0 unspecified atom stereocenters. The van der Waals surface area contributed by atoms with Crippen LogP contribution < -0.4 is 24.8 Å². The summed E-state index contributed by atoms with van der Waals surface area (Å²) in [5.74, 6) is 2.06. The average Bonchev–Trinajstić information content (AvgIpc) is 2.88. The van der Waals surface area contributed by atoms with Gasteiger partial charge in [-0.05, 0) is 78.9 Å². The Bertz CT molecular complexity index is 1240. The fraction of sp³-hybridized carbons (Fsp3) is 0.111. The highest BCUT2D eigenvalue weighted by Gasteiger charge is 2.20. The maximum absolute atomic E-state index is 12.9. The van der Waals surface area contributed by atoms with Gasteiger partial charge in [0.2, 0.25) is 5.78 Å². The van der Waals surface area contributed by atoms with Crippen molar-refractivity contribution in [2.75, 3.05) is 32.0 Å². The van der Waals surface area contributed by atoms with Gasteiger partial charge in [0.05, 0.1) is 44.1 Å². The molecule has 3 aromatic carbocycles. The second kappa shape index (κ2) is 10.4. The summed E-state index contributed by atoms with van der Waals surface area (Å²) >= 11 is 0. The largest absolute Gasteiger partial charge is 0.497 e. The fourth-order valence-corrected chi connectivity index (χ4v) is 3.31. The van der Waals surface area contributed by atoms with Gasteiger partial charge in [0.1, 0.15) is 17.2 Å². The Morgan fingerprint density at radius 3 is 1.50 bits per heavy atom. The number of hydrogen-bond acceptors (Lipinski definition) is 7. The maximum atomic E-state index is 12.9. The molecule has 0 atom stereocenters. The fourth-order valence-electron chi connectivity index (χ4n) is 3.31. The Hall–Kier alpha value is -4.52. The molecule has 0 amide bonds. The van der Waals surface area contributed by atoms with E-state index in [1.165, 1.54) is 0 Å². The molecule has 0 saturated carbocycles. The van der Waals surface area contributed by atoms with E-state index in [0.717, 1.165) is 34.3 Å². The quantitative estimate of drug-likeness (QED) is 0.445. The summed E-state index contributed by atoms with van der Waals surface area (Å²) in [6, 6.07) is 22.2. The Morgan fingerprint density at radius 2 is 1.03 bits per heavy atom. The van der Waals surface area contributed by atoms with E-state index in [2.05, 4.69) is 10.6 Å². The van der Waals surface area contributed by atoms with Crippen molar-refractivity contribution in [1.82, 2.24) is 0 Å². The number of nitrogens with zero attached hydrogens (tertiary/aromatic N) is 1. The maximum Gasteiger partial charge on any atom is 0.204 e. The van der Waals surface area contributed by atoms with Crippen molar-refractivity contribution >= 4 is 28.6 Å². The van der Waals surface area contributed by atoms with E-state index in [-0.39, 0.29) is 5.78 Å². The van der Waals surface area contributed by atoms with Crippen molar-refractivity contribution in [3.8, 4) is 17.2 Å². The van der Waals surface area contributed by atoms with Gasteiger partial charge in [-0.3, -0.25) is 4.79 Å². The van der Waals surface area contributed by atoms with Crippen LogP contribution in [0.1, 0.15) is 0 Å². The molecular weight excluding hydrogens is 430 g/mol. The van der Waals surface area contributed by atoms with Crippen LogP contribution in [0, 0.1) is 0 Å². The van der Waals surface area contributed by atoms with Crippen molar-refractivity contribution in [2.24, 2.45) is 4.99 Å². The SMILES string of the molecule is COc1ccc(N=C2C=C(Nc3ccc(OC)cc3)C(=O)C=C2Nc2ccc(OC)cc2)cc1. The Morgan fingerprint density at radius 1 is 0.588 bits per heavy atom. The first-order valence-electron chi connectivity index (χ1n) is 10.6. The topological polar surface area (TPSA) is 81.2 Å². The summed E-state index contributed by atoms with van der Waals surface area (Å²) in [5, 5.41) is 6.48. The molecule has 0 spiro atoms. The average molecular weight is 456 g/mol. The number of ketones is 1. The molecule has 0 heterocycles. The van der Waals surface area contributed by atoms with Crippen molar-refractivity contribution in [3.05, 3.63) is 96.3 Å². The molecule has 0 aliphatic heterocycles. The number of anilines is 2. The first kappa shape index (κ1) is 22.7. The normalized spacial score (nSPS) is 14.2. The van der Waals surface area contributed by atoms with Gasteiger partial charge in [0.15, 0.2) is 0 Å². The van der Waals surface area contributed by atoms with Crippen molar-refractivity contribution in [3.63, 3.8) is 0 Å². The van der Waals surface area contributed by atoms with E-state index >= 15 is 0 Å². The molecule has 7 nitrogen and oxygen atoms in total. The zero-order chi connectivity index (χ0) is 23.9. The van der Waals surface area contributed by atoms with Gasteiger partial charge in [-0.15, -0.1) is 0 Å². The van der Waals surface area contributed by atoms with Crippen LogP contribution in [0.25, 0.3) is 0 Å². The van der Waals surface area contributed by atoms with Crippen LogP contribution in [-0.4, -0.2) is 32.8 Å². The van der Waals surface area contributed by atoms with Gasteiger partial charge >= 0.3 is 0 Å². The van der Waals surface area contributed by atoms with Crippen LogP contribution in [-0.2, 0) is 4.79 Å². The Balaban J connectivity index is 1.65. The Labute approximate surface area is 198 Å². The molecule has 0 aromatic heterocycles. The summed E-state index contributed by atoms with van der Waals surface area (Å²) in [6.07, 6.45) is 3.28. The highest BCUT2D eigenvalue weighted by atomic mass is 16.5. The highest BCUT2D eigenvalue weighted by molar-refractivity contribution is 6.24. The number of carbonyl (C=O) groups is 1. The van der Waals surface area contributed by atoms with Gasteiger partial charge < -0.3 is 24.8 Å². The number of rotatable bonds is 8. The van der Waals surface area contributed by atoms with E-state index in [1.807, 2.05) is 72.8 Å². The number of carbonyl (C=O) groups excluding carboxylic acids is 1. The summed E-state index contributed by atoms with van der Waals surface area (Å²) in [6.45, 7) is 0. The van der Waals surface area contributed by atoms with Crippen molar-refractivity contribution < 1.29 is 19.0 Å². The molecular formula is C27H25N3O4. The summed E-state index contributed by atoms with van der Waals surface area (Å²) in [5.41, 5.74) is 3.92. The lowest BCUT2D eigenvalue weighted by atomic mass is 10.0. The van der Waals surface area contributed by atoms with Crippen LogP contribution in [0.5, 0.6) is 17.2 Å². The molecule has 34 heavy (non-hydrogen) atoms. The molecule has 7 heteroatoms. The molecule has 2 N–H and O–H groups in total. The number of ether oxygens (including phenoxy) is 3.